The van der Waals surface area contributed by atoms with Crippen molar-refractivity contribution in [2.75, 3.05) is 31.7 Å². The van der Waals surface area contributed by atoms with E-state index in [1.807, 2.05) is 23.9 Å². The van der Waals surface area contributed by atoms with E-state index in [1.165, 1.54) is 11.1 Å². The minimum absolute atomic E-state index is 0.0112. The zero-order chi connectivity index (χ0) is 18.9. The molecule has 0 spiro atoms. The Labute approximate surface area is 165 Å². The number of rotatable bonds is 7. The monoisotopic (exact) mass is 387 g/mol. The van der Waals surface area contributed by atoms with Crippen LogP contribution in [0, 0.1) is 6.92 Å². The minimum atomic E-state index is -0.0112. The maximum Gasteiger partial charge on any atom is 0.253 e. The molecule has 0 aliphatic rings. The van der Waals surface area contributed by atoms with Gasteiger partial charge in [-0.05, 0) is 49.0 Å². The molecule has 0 unspecified atom stereocenters. The molecule has 6 heteroatoms. The molecule has 0 saturated heterocycles. The second-order valence-corrected chi connectivity index (χ2v) is 7.71. The van der Waals surface area contributed by atoms with Gasteiger partial charge in [-0.15, -0.1) is 0 Å². The second-order valence-electron chi connectivity index (χ2n) is 6.20. The summed E-state index contributed by atoms with van der Waals surface area (Å²) in [6, 6.07) is 15.9. The molecule has 4 nitrogen and oxygen atoms in total. The van der Waals surface area contributed by atoms with Gasteiger partial charge >= 0.3 is 0 Å². The molecular weight excluding hydrogens is 362 g/mol. The zero-order valence-corrected chi connectivity index (χ0v) is 17.0. The van der Waals surface area contributed by atoms with Gasteiger partial charge in [0.15, 0.2) is 5.11 Å². The summed E-state index contributed by atoms with van der Waals surface area (Å²) in [5.74, 6) is 1.97. The van der Waals surface area contributed by atoms with Gasteiger partial charge in [0, 0.05) is 43.4 Å². The predicted molar refractivity (Wildman–Crippen MR) is 116 cm³/mol. The smallest absolute Gasteiger partial charge is 0.253 e. The molecule has 0 aliphatic heterocycles. The number of carbonyl (C=O) groups excluding carboxylic acids is 1. The average molecular weight is 388 g/mol. The molecule has 0 radical (unpaired) electrons. The van der Waals surface area contributed by atoms with E-state index in [1.54, 1.807) is 31.1 Å². The highest BCUT2D eigenvalue weighted by molar-refractivity contribution is 7.98. The van der Waals surface area contributed by atoms with Gasteiger partial charge in [0.1, 0.15) is 0 Å². The van der Waals surface area contributed by atoms with E-state index in [2.05, 4.69) is 41.8 Å². The van der Waals surface area contributed by atoms with Crippen molar-refractivity contribution in [1.82, 2.24) is 10.2 Å². The fourth-order valence-corrected chi connectivity index (χ4v) is 3.28. The molecule has 2 aromatic rings. The summed E-state index contributed by atoms with van der Waals surface area (Å²) < 4.78 is 0. The van der Waals surface area contributed by atoms with E-state index in [0.717, 1.165) is 23.7 Å². The molecule has 138 valence electrons. The first-order valence-corrected chi connectivity index (χ1v) is 10.0. The van der Waals surface area contributed by atoms with Crippen LogP contribution in [0.5, 0.6) is 0 Å². The molecule has 1 amide bonds. The Morgan fingerprint density at radius 2 is 1.73 bits per heavy atom. The zero-order valence-electron chi connectivity index (χ0n) is 15.4. The van der Waals surface area contributed by atoms with Crippen molar-refractivity contribution in [3.63, 3.8) is 0 Å². The van der Waals surface area contributed by atoms with Crippen molar-refractivity contribution in [2.24, 2.45) is 0 Å². The van der Waals surface area contributed by atoms with E-state index in [9.17, 15) is 4.79 Å². The first-order valence-electron chi connectivity index (χ1n) is 8.45. The van der Waals surface area contributed by atoms with Crippen LogP contribution in [0.15, 0.2) is 48.5 Å². The maximum atomic E-state index is 11.9. The van der Waals surface area contributed by atoms with Gasteiger partial charge in [-0.3, -0.25) is 4.79 Å². The van der Waals surface area contributed by atoms with E-state index >= 15 is 0 Å². The first kappa shape index (κ1) is 20.3. The topological polar surface area (TPSA) is 44.4 Å². The maximum absolute atomic E-state index is 11.9. The fourth-order valence-electron chi connectivity index (χ4n) is 2.24. The standard InChI is InChI=1S/C20H25N3OS2/c1-15-4-6-16(7-5-15)14-26-13-12-21-20(25)22-18-10-8-17(9-11-18)19(24)23(2)3/h4-11H,12-14H2,1-3H3,(H2,21,22,25). The second kappa shape index (κ2) is 10.2. The van der Waals surface area contributed by atoms with Crippen molar-refractivity contribution in [2.45, 2.75) is 12.7 Å². The van der Waals surface area contributed by atoms with Crippen molar-refractivity contribution >= 4 is 40.7 Å². The summed E-state index contributed by atoms with van der Waals surface area (Å²) in [5, 5.41) is 6.94. The molecule has 0 aliphatic carbocycles. The van der Waals surface area contributed by atoms with Gasteiger partial charge in [0.05, 0.1) is 0 Å². The Bertz CT molecular complexity index is 728. The molecule has 2 rings (SSSR count). The number of thiocarbonyl (C=S) groups is 1. The molecule has 26 heavy (non-hydrogen) atoms. The summed E-state index contributed by atoms with van der Waals surface area (Å²) in [4.78, 5) is 13.4. The molecule has 2 N–H and O–H groups in total. The van der Waals surface area contributed by atoms with Crippen LogP contribution in [0.3, 0.4) is 0 Å². The first-order chi connectivity index (χ1) is 12.5. The molecule has 0 saturated carbocycles. The van der Waals surface area contributed by atoms with Crippen LogP contribution in [0.1, 0.15) is 21.5 Å². The number of anilines is 1. The number of carbonyl (C=O) groups is 1. The number of amides is 1. The molecule has 0 bridgehead atoms. The number of nitrogens with zero attached hydrogens (tertiary/aromatic N) is 1. The average Bonchev–Trinajstić information content (AvgIpc) is 2.63. The molecule has 2 aromatic carbocycles. The van der Waals surface area contributed by atoms with E-state index in [-0.39, 0.29) is 5.91 Å². The summed E-state index contributed by atoms with van der Waals surface area (Å²) >= 11 is 7.19. The molecular formula is C20H25N3OS2. The van der Waals surface area contributed by atoms with Crippen molar-refractivity contribution < 1.29 is 4.79 Å². The van der Waals surface area contributed by atoms with Gasteiger partial charge in [0.25, 0.3) is 5.91 Å². The normalized spacial score (nSPS) is 10.3. The molecule has 0 atom stereocenters. The van der Waals surface area contributed by atoms with Crippen LogP contribution < -0.4 is 10.6 Å². The van der Waals surface area contributed by atoms with Crippen LogP contribution in [0.4, 0.5) is 5.69 Å². The van der Waals surface area contributed by atoms with E-state index in [0.29, 0.717) is 10.7 Å². The Morgan fingerprint density at radius 1 is 1.08 bits per heavy atom. The van der Waals surface area contributed by atoms with E-state index in [4.69, 9.17) is 12.2 Å². The number of nitrogens with one attached hydrogen (secondary N) is 2. The van der Waals surface area contributed by atoms with Crippen LogP contribution in [-0.4, -0.2) is 42.3 Å². The summed E-state index contributed by atoms with van der Waals surface area (Å²) in [5.41, 5.74) is 4.15. The third-order valence-corrected chi connectivity index (χ3v) is 4.99. The van der Waals surface area contributed by atoms with Crippen LogP contribution >= 0.6 is 24.0 Å². The Morgan fingerprint density at radius 3 is 2.35 bits per heavy atom. The van der Waals surface area contributed by atoms with Crippen LogP contribution in [0.25, 0.3) is 0 Å². The minimum Gasteiger partial charge on any atom is -0.362 e. The molecule has 0 heterocycles. The lowest BCUT2D eigenvalue weighted by molar-refractivity contribution is 0.0827. The number of aryl methyl sites for hydroxylation is 1. The van der Waals surface area contributed by atoms with Crippen molar-refractivity contribution in [3.05, 3.63) is 65.2 Å². The molecule has 0 aromatic heterocycles. The lowest BCUT2D eigenvalue weighted by Gasteiger charge is -2.12. The van der Waals surface area contributed by atoms with Gasteiger partial charge in [0.2, 0.25) is 0 Å². The SMILES string of the molecule is Cc1ccc(CSCCNC(=S)Nc2ccc(C(=O)N(C)C)cc2)cc1. The Hall–Kier alpha value is -2.05. The van der Waals surface area contributed by atoms with Crippen LogP contribution in [0.2, 0.25) is 0 Å². The highest BCUT2D eigenvalue weighted by atomic mass is 32.2. The highest BCUT2D eigenvalue weighted by Crippen LogP contribution is 2.13. The number of benzene rings is 2. The number of hydrogen-bond acceptors (Lipinski definition) is 3. The van der Waals surface area contributed by atoms with Crippen LogP contribution in [-0.2, 0) is 5.75 Å². The van der Waals surface area contributed by atoms with Gasteiger partial charge < -0.3 is 15.5 Å². The quantitative estimate of drug-likeness (QED) is 0.557. The number of hydrogen-bond donors (Lipinski definition) is 2. The summed E-state index contributed by atoms with van der Waals surface area (Å²) in [6.45, 7) is 2.90. The lowest BCUT2D eigenvalue weighted by atomic mass is 10.2. The van der Waals surface area contributed by atoms with Gasteiger partial charge in [-0.2, -0.15) is 11.8 Å². The fraction of sp³-hybridized carbons (Fsp3) is 0.300. The van der Waals surface area contributed by atoms with Crippen molar-refractivity contribution in [3.8, 4) is 0 Å². The highest BCUT2D eigenvalue weighted by Gasteiger charge is 2.07. The van der Waals surface area contributed by atoms with Gasteiger partial charge in [-0.1, -0.05) is 29.8 Å². The summed E-state index contributed by atoms with van der Waals surface area (Å²) in [7, 11) is 3.48. The predicted octanol–water partition coefficient (Wildman–Crippen LogP) is 3.92. The largest absolute Gasteiger partial charge is 0.362 e. The third kappa shape index (κ3) is 6.69. The Balaban J connectivity index is 1.67. The lowest BCUT2D eigenvalue weighted by Crippen LogP contribution is -2.30. The molecule has 0 fully saturated rings. The van der Waals surface area contributed by atoms with Gasteiger partial charge in [-0.25, -0.2) is 0 Å². The Kier molecular flexibility index (Phi) is 7.94. The third-order valence-electron chi connectivity index (χ3n) is 3.72. The summed E-state index contributed by atoms with van der Waals surface area (Å²) in [6.07, 6.45) is 0. The van der Waals surface area contributed by atoms with Crippen molar-refractivity contribution in [1.29, 1.82) is 0 Å². The number of thioether (sulfide) groups is 1. The van der Waals surface area contributed by atoms with E-state index < -0.39 is 0 Å².